The predicted molar refractivity (Wildman–Crippen MR) is 516 cm³/mol. The topological polar surface area (TPSA) is 19.7 Å². The van der Waals surface area contributed by atoms with E-state index < -0.39 is 0 Å². The summed E-state index contributed by atoms with van der Waals surface area (Å²) < 4.78 is 13.9. The molecule has 23 aromatic rings. The Morgan fingerprint density at radius 2 is 0.407 bits per heavy atom. The smallest absolute Gasteiger partial charge is 0.0547 e. The summed E-state index contributed by atoms with van der Waals surface area (Å²) in [4.78, 5) is 0. The van der Waals surface area contributed by atoms with Crippen LogP contribution in [0.5, 0.6) is 0 Å². The Bertz CT molecular complexity index is 7730. The maximum Gasteiger partial charge on any atom is 0.0547 e. The van der Waals surface area contributed by atoms with Crippen molar-refractivity contribution in [2.24, 2.45) is 0 Å². The van der Waals surface area contributed by atoms with Gasteiger partial charge in [0.2, 0.25) is 0 Å². The van der Waals surface area contributed by atoms with Crippen molar-refractivity contribution in [2.45, 2.75) is 0 Å². The van der Waals surface area contributed by atoms with Crippen LogP contribution in [0.4, 0.5) is 0 Å². The lowest BCUT2D eigenvalue weighted by molar-refractivity contribution is 1.18. The molecule has 0 fully saturated rings. The van der Waals surface area contributed by atoms with Gasteiger partial charge in [-0.05, 0) is 211 Å². The molecule has 0 saturated heterocycles. The molecule has 0 aliphatic carbocycles. The van der Waals surface area contributed by atoms with Crippen LogP contribution in [0.3, 0.4) is 0 Å². The molecule has 0 unspecified atom stereocenters. The average Bonchev–Trinajstić information content (AvgIpc) is 1.62. The van der Waals surface area contributed by atoms with Crippen molar-refractivity contribution in [3.05, 3.63) is 455 Å². The molecule has 118 heavy (non-hydrogen) atoms. The zero-order chi connectivity index (χ0) is 79.2. The lowest BCUT2D eigenvalue weighted by Gasteiger charge is -2.12. The highest BCUT2D eigenvalue weighted by molar-refractivity contribution is 9.11. The Kier molecular flexibility index (Phi) is 20.1. The maximum absolute atomic E-state index is 3.61. The molecule has 0 atom stereocenters. The molecule has 23 rings (SSSR count). The first-order chi connectivity index (χ1) is 58.2. The van der Waals surface area contributed by atoms with E-state index in [-0.39, 0.29) is 0 Å². The van der Waals surface area contributed by atoms with E-state index in [0.717, 1.165) is 17.9 Å². The van der Waals surface area contributed by atoms with Crippen LogP contribution in [0, 0.1) is 0 Å². The average molecular weight is 1770 g/mol. The molecule has 0 bridgehead atoms. The first-order valence-electron chi connectivity index (χ1n) is 39.5. The second-order valence-electron chi connectivity index (χ2n) is 29.7. The van der Waals surface area contributed by atoms with Gasteiger partial charge in [0.1, 0.15) is 0 Å². The number of aromatic nitrogens is 4. The molecule has 19 aromatic carbocycles. The molecule has 0 N–H and O–H groups in total. The largest absolute Gasteiger partial charge is 0.309 e. The van der Waals surface area contributed by atoms with Gasteiger partial charge in [-0.15, -0.1) is 0 Å². The molecular weight excluding hydrogens is 1700 g/mol. The Morgan fingerprint density at radius 3 is 0.831 bits per heavy atom. The first kappa shape index (κ1) is 73.7. The third-order valence-corrected chi connectivity index (χ3v) is 24.5. The summed E-state index contributed by atoms with van der Waals surface area (Å²) in [5.74, 6) is 0. The van der Waals surface area contributed by atoms with Crippen molar-refractivity contribution >= 4 is 172 Å². The highest BCUT2D eigenvalue weighted by atomic mass is 79.9. The first-order valence-corrected chi connectivity index (χ1v) is 42.7. The van der Waals surface area contributed by atoms with E-state index in [0.29, 0.717) is 0 Å². The number of rotatable bonds is 9. The van der Waals surface area contributed by atoms with Crippen LogP contribution >= 0.6 is 63.7 Å². The van der Waals surface area contributed by atoms with Crippen molar-refractivity contribution < 1.29 is 0 Å². The molecule has 4 aromatic heterocycles. The van der Waals surface area contributed by atoms with E-state index in [2.05, 4.69) is 519 Å². The van der Waals surface area contributed by atoms with Crippen LogP contribution in [-0.2, 0) is 0 Å². The maximum atomic E-state index is 3.61. The van der Waals surface area contributed by atoms with Crippen molar-refractivity contribution in [1.82, 2.24) is 18.3 Å². The van der Waals surface area contributed by atoms with Gasteiger partial charge in [0.15, 0.2) is 0 Å². The van der Waals surface area contributed by atoms with Crippen LogP contribution in [0.2, 0.25) is 0 Å². The molecule has 0 spiro atoms. The highest BCUT2D eigenvalue weighted by Gasteiger charge is 2.20. The second-order valence-corrected chi connectivity index (χ2v) is 33.3. The Morgan fingerprint density at radius 1 is 0.136 bits per heavy atom. The number of benzene rings is 19. The number of halogens is 4. The molecule has 560 valence electrons. The highest BCUT2D eigenvalue weighted by Crippen LogP contribution is 2.42. The third kappa shape index (κ3) is 14.2. The Hall–Kier alpha value is -13.2. The van der Waals surface area contributed by atoms with Crippen LogP contribution in [0.25, 0.3) is 187 Å². The summed E-state index contributed by atoms with van der Waals surface area (Å²) in [6.45, 7) is 0. The van der Waals surface area contributed by atoms with Gasteiger partial charge in [0.05, 0.1) is 49.8 Å². The number of nitrogens with zero attached hydrogens (tertiary/aromatic N) is 4. The summed E-state index contributed by atoms with van der Waals surface area (Å²) in [5, 5.41) is 15.2. The van der Waals surface area contributed by atoms with Gasteiger partial charge in [0, 0.05) is 83.4 Å². The Labute approximate surface area is 717 Å². The molecule has 0 aliphatic rings. The van der Waals surface area contributed by atoms with Crippen molar-refractivity contribution in [1.29, 1.82) is 0 Å². The molecule has 0 saturated carbocycles. The van der Waals surface area contributed by atoms with Gasteiger partial charge in [-0.1, -0.05) is 361 Å². The van der Waals surface area contributed by atoms with Crippen molar-refractivity contribution in [3.63, 3.8) is 0 Å². The number of para-hydroxylation sites is 5. The van der Waals surface area contributed by atoms with E-state index in [1.165, 1.54) is 187 Å². The SMILES string of the molecule is Brc1cccc(-c2ccc3c4ccccc4n(-c4ccc(-c5ccccc5)cc4)c3c2)c1.Brc1cccc(-c2ccc3c4ccccc4n(-c4ccc5ccccc5c4)c3c2)c1.Brc1cccc(-c2ccc3c4ccccc4n(-c4cccc5ccccc45)c3c2)c1.Brc1cccc(-c2ccc3c4ccccc4n(-c4ccccc4)c3c2)c1. The fourth-order valence-corrected chi connectivity index (χ4v) is 18.7. The normalized spacial score (nSPS) is 11.4. The lowest BCUT2D eigenvalue weighted by Crippen LogP contribution is -1.95. The summed E-state index contributed by atoms with van der Waals surface area (Å²) in [6, 6.07) is 156. The molecular formula is C110H72Br4N4. The minimum Gasteiger partial charge on any atom is -0.309 e. The van der Waals surface area contributed by atoms with Crippen LogP contribution < -0.4 is 0 Å². The fourth-order valence-electron chi connectivity index (χ4n) is 17.1. The van der Waals surface area contributed by atoms with Gasteiger partial charge >= 0.3 is 0 Å². The van der Waals surface area contributed by atoms with Gasteiger partial charge < -0.3 is 18.3 Å². The fraction of sp³-hybridized carbons (Fsp3) is 0. The molecule has 0 aliphatic heterocycles. The minimum atomic E-state index is 1.09. The molecule has 0 radical (unpaired) electrons. The van der Waals surface area contributed by atoms with E-state index >= 15 is 0 Å². The van der Waals surface area contributed by atoms with Crippen molar-refractivity contribution in [2.75, 3.05) is 0 Å². The van der Waals surface area contributed by atoms with E-state index in [1.807, 2.05) is 0 Å². The minimum absolute atomic E-state index is 1.09. The Balaban J connectivity index is 0.000000101. The van der Waals surface area contributed by atoms with E-state index in [1.54, 1.807) is 0 Å². The lowest BCUT2D eigenvalue weighted by atomic mass is 10.0. The van der Waals surface area contributed by atoms with Crippen LogP contribution in [0.1, 0.15) is 0 Å². The zero-order valence-corrected chi connectivity index (χ0v) is 70.2. The monoisotopic (exact) mass is 1760 g/mol. The zero-order valence-electron chi connectivity index (χ0n) is 63.9. The second kappa shape index (κ2) is 32.1. The van der Waals surface area contributed by atoms with Crippen molar-refractivity contribution in [3.8, 4) is 78.4 Å². The van der Waals surface area contributed by atoms with Gasteiger partial charge in [-0.3, -0.25) is 0 Å². The third-order valence-electron chi connectivity index (χ3n) is 22.6. The predicted octanol–water partition coefficient (Wildman–Crippen LogP) is 32.8. The van der Waals surface area contributed by atoms with E-state index in [4.69, 9.17) is 0 Å². The van der Waals surface area contributed by atoms with Gasteiger partial charge in [0.25, 0.3) is 0 Å². The summed E-state index contributed by atoms with van der Waals surface area (Å²) >= 11 is 14.4. The summed E-state index contributed by atoms with van der Waals surface area (Å²) in [6.07, 6.45) is 0. The number of hydrogen-bond donors (Lipinski definition) is 0. The standard InChI is InChI=1S/C30H20BrN.2C28H18BrN.C24H16BrN/c31-25-10-6-9-23(19-25)24-15-18-28-27-11-4-5-12-29(27)32(30(28)20-24)26-16-13-22(14-17-26)21-7-2-1-3-8-21;29-22-10-5-9-20(17-22)21-15-16-25-24-12-3-4-13-27(24)30(28(25)18-21)26-14-6-8-19-7-1-2-11-23(19)26;29-23-9-5-8-20(16-23)22-13-15-26-25-10-3-4-11-27(25)30(28(26)18-22)24-14-12-19-6-1-2-7-21(19)17-24;25-19-8-6-7-17(15-19)18-13-14-22-21-11-4-5-12-23(21)26(24(22)16-18)20-9-2-1-3-10-20/h1-20H;2*1-18H;1-16H. The summed E-state index contributed by atoms with van der Waals surface area (Å²) in [5.41, 5.74) is 26.7. The van der Waals surface area contributed by atoms with E-state index in [9.17, 15) is 0 Å². The van der Waals surface area contributed by atoms with Crippen LogP contribution in [-0.4, -0.2) is 18.3 Å². The summed E-state index contributed by atoms with van der Waals surface area (Å²) in [7, 11) is 0. The quantitative estimate of drug-likeness (QED) is 0.137. The van der Waals surface area contributed by atoms with Gasteiger partial charge in [-0.2, -0.15) is 0 Å². The molecule has 8 heteroatoms. The number of fused-ring (bicyclic) bond motifs is 14. The van der Waals surface area contributed by atoms with Crippen LogP contribution in [0.15, 0.2) is 455 Å². The molecule has 4 nitrogen and oxygen atoms in total. The number of hydrogen-bond acceptors (Lipinski definition) is 0. The molecule has 4 heterocycles. The van der Waals surface area contributed by atoms with Gasteiger partial charge in [-0.25, -0.2) is 0 Å². The molecule has 0 amide bonds.